The minimum atomic E-state index is -0.458. The quantitative estimate of drug-likeness (QED) is 0.916. The molecule has 1 aromatic heterocycles. The first-order valence-corrected chi connectivity index (χ1v) is 7.98. The highest BCUT2D eigenvalue weighted by Crippen LogP contribution is 2.21. The van der Waals surface area contributed by atoms with Crippen LogP contribution in [0, 0.1) is 11.6 Å². The van der Waals surface area contributed by atoms with Gasteiger partial charge in [0.15, 0.2) is 0 Å². The predicted octanol–water partition coefficient (Wildman–Crippen LogP) is 1.58. The minimum absolute atomic E-state index is 0.160. The highest BCUT2D eigenvalue weighted by molar-refractivity contribution is 7.13. The monoisotopic (exact) mass is 339 g/mol. The summed E-state index contributed by atoms with van der Waals surface area (Å²) in [5, 5.41) is 10.5. The number of piperazine rings is 1. The maximum absolute atomic E-state index is 13.8. The van der Waals surface area contributed by atoms with Gasteiger partial charge in [-0.2, -0.15) is 0 Å². The number of benzene rings is 1. The highest BCUT2D eigenvalue weighted by Gasteiger charge is 2.21. The van der Waals surface area contributed by atoms with Gasteiger partial charge in [-0.1, -0.05) is 11.3 Å². The van der Waals surface area contributed by atoms with Gasteiger partial charge in [0.25, 0.3) is 0 Å². The molecule has 1 saturated heterocycles. The summed E-state index contributed by atoms with van der Waals surface area (Å²) in [7, 11) is 0. The molecule has 1 fully saturated rings. The number of halogens is 2. The fraction of sp³-hybridized carbons (Fsp3) is 0.357. The number of rotatable bonds is 4. The normalized spacial score (nSPS) is 15.7. The second kappa shape index (κ2) is 6.97. The summed E-state index contributed by atoms with van der Waals surface area (Å²) in [5.74, 6) is -1.05. The molecule has 0 saturated carbocycles. The van der Waals surface area contributed by atoms with Crippen molar-refractivity contribution < 1.29 is 13.6 Å². The zero-order valence-corrected chi connectivity index (χ0v) is 13.0. The SMILES string of the molecule is O=C(CN1CCN(c2cc(F)ccc2F)CC1)Nc1nncs1. The molecule has 122 valence electrons. The van der Waals surface area contributed by atoms with Gasteiger partial charge in [0.05, 0.1) is 12.2 Å². The van der Waals surface area contributed by atoms with Crippen LogP contribution in [0.25, 0.3) is 0 Å². The smallest absolute Gasteiger partial charge is 0.240 e. The summed E-state index contributed by atoms with van der Waals surface area (Å²) >= 11 is 1.26. The fourth-order valence-electron chi connectivity index (χ4n) is 2.46. The van der Waals surface area contributed by atoms with E-state index in [2.05, 4.69) is 15.5 Å². The van der Waals surface area contributed by atoms with Gasteiger partial charge in [-0.25, -0.2) is 8.78 Å². The van der Waals surface area contributed by atoms with Gasteiger partial charge in [-0.15, -0.1) is 10.2 Å². The fourth-order valence-corrected chi connectivity index (χ4v) is 2.93. The molecular weight excluding hydrogens is 324 g/mol. The number of hydrogen-bond acceptors (Lipinski definition) is 6. The lowest BCUT2D eigenvalue weighted by molar-refractivity contribution is -0.117. The number of hydrogen-bond donors (Lipinski definition) is 1. The van der Waals surface area contributed by atoms with E-state index >= 15 is 0 Å². The molecule has 0 unspecified atom stereocenters. The molecule has 0 spiro atoms. The van der Waals surface area contributed by atoms with Crippen molar-refractivity contribution in [3.05, 3.63) is 35.3 Å². The number of anilines is 2. The van der Waals surface area contributed by atoms with Gasteiger partial charge in [0, 0.05) is 32.2 Å². The maximum atomic E-state index is 13.8. The molecule has 2 heterocycles. The van der Waals surface area contributed by atoms with Gasteiger partial charge in [0.1, 0.15) is 17.1 Å². The Morgan fingerprint density at radius 2 is 2.04 bits per heavy atom. The number of aromatic nitrogens is 2. The molecule has 0 bridgehead atoms. The Hall–Kier alpha value is -2.13. The minimum Gasteiger partial charge on any atom is -0.367 e. The van der Waals surface area contributed by atoms with E-state index in [-0.39, 0.29) is 18.1 Å². The summed E-state index contributed by atoms with van der Waals surface area (Å²) in [6.07, 6.45) is 0. The number of carbonyl (C=O) groups is 1. The van der Waals surface area contributed by atoms with E-state index in [1.807, 2.05) is 4.90 Å². The number of nitrogens with zero attached hydrogens (tertiary/aromatic N) is 4. The second-order valence-electron chi connectivity index (χ2n) is 5.15. The largest absolute Gasteiger partial charge is 0.367 e. The Labute approximate surface area is 135 Å². The van der Waals surface area contributed by atoms with E-state index in [0.29, 0.717) is 31.3 Å². The molecule has 1 aliphatic rings. The summed E-state index contributed by atoms with van der Waals surface area (Å²) in [4.78, 5) is 15.6. The van der Waals surface area contributed by atoms with Crippen molar-refractivity contribution in [2.45, 2.75) is 0 Å². The average molecular weight is 339 g/mol. The molecule has 23 heavy (non-hydrogen) atoms. The Kier molecular flexibility index (Phi) is 4.77. The molecule has 0 atom stereocenters. The molecule has 1 aromatic carbocycles. The van der Waals surface area contributed by atoms with Crippen LogP contribution in [-0.2, 0) is 4.79 Å². The summed E-state index contributed by atoms with van der Waals surface area (Å²) in [5.41, 5.74) is 1.81. The van der Waals surface area contributed by atoms with Crippen molar-refractivity contribution in [1.82, 2.24) is 15.1 Å². The van der Waals surface area contributed by atoms with Crippen molar-refractivity contribution in [2.75, 3.05) is 42.9 Å². The van der Waals surface area contributed by atoms with Gasteiger partial charge in [-0.3, -0.25) is 15.0 Å². The molecule has 3 rings (SSSR count). The Bertz CT molecular complexity index is 674. The average Bonchev–Trinajstić information content (AvgIpc) is 3.03. The lowest BCUT2D eigenvalue weighted by Crippen LogP contribution is -2.49. The maximum Gasteiger partial charge on any atom is 0.240 e. The van der Waals surface area contributed by atoms with Crippen molar-refractivity contribution in [2.24, 2.45) is 0 Å². The first-order valence-electron chi connectivity index (χ1n) is 7.10. The first kappa shape index (κ1) is 15.8. The van der Waals surface area contributed by atoms with Gasteiger partial charge < -0.3 is 4.90 Å². The van der Waals surface area contributed by atoms with Crippen LogP contribution in [0.3, 0.4) is 0 Å². The lowest BCUT2D eigenvalue weighted by Gasteiger charge is -2.35. The molecule has 0 aliphatic carbocycles. The highest BCUT2D eigenvalue weighted by atomic mass is 32.1. The van der Waals surface area contributed by atoms with E-state index < -0.39 is 11.6 Å². The molecule has 9 heteroatoms. The van der Waals surface area contributed by atoms with Crippen molar-refractivity contribution in [1.29, 1.82) is 0 Å². The van der Waals surface area contributed by atoms with Crippen LogP contribution in [0.15, 0.2) is 23.7 Å². The zero-order valence-electron chi connectivity index (χ0n) is 12.2. The molecule has 1 N–H and O–H groups in total. The standard InChI is InChI=1S/C14H15F2N5OS/c15-10-1-2-11(16)12(7-10)21-5-3-20(4-6-21)8-13(22)18-14-19-17-9-23-14/h1-2,7,9H,3-6,8H2,(H,18,19,22). The van der Waals surface area contributed by atoms with Crippen LogP contribution in [0.1, 0.15) is 0 Å². The van der Waals surface area contributed by atoms with Crippen LogP contribution >= 0.6 is 11.3 Å². The van der Waals surface area contributed by atoms with Crippen LogP contribution in [0.5, 0.6) is 0 Å². The second-order valence-corrected chi connectivity index (χ2v) is 5.98. The first-order chi connectivity index (χ1) is 11.1. The Morgan fingerprint density at radius 1 is 1.26 bits per heavy atom. The van der Waals surface area contributed by atoms with E-state index in [1.165, 1.54) is 17.4 Å². The van der Waals surface area contributed by atoms with Crippen LogP contribution in [0.2, 0.25) is 0 Å². The van der Waals surface area contributed by atoms with E-state index in [0.717, 1.165) is 12.1 Å². The molecule has 0 radical (unpaired) electrons. The zero-order chi connectivity index (χ0) is 16.2. The van der Waals surface area contributed by atoms with Crippen molar-refractivity contribution in [3.8, 4) is 0 Å². The molecule has 1 aliphatic heterocycles. The van der Waals surface area contributed by atoms with Crippen LogP contribution in [-0.4, -0.2) is 53.7 Å². The summed E-state index contributed by atoms with van der Waals surface area (Å²) < 4.78 is 27.0. The Balaban J connectivity index is 1.52. The Morgan fingerprint density at radius 3 is 2.74 bits per heavy atom. The van der Waals surface area contributed by atoms with Gasteiger partial charge in [-0.05, 0) is 12.1 Å². The van der Waals surface area contributed by atoms with Crippen molar-refractivity contribution >= 4 is 28.1 Å². The molecular formula is C14H15F2N5OS. The summed E-state index contributed by atoms with van der Waals surface area (Å²) in [6, 6.07) is 3.44. The van der Waals surface area contributed by atoms with Crippen LogP contribution < -0.4 is 10.2 Å². The number of carbonyl (C=O) groups excluding carboxylic acids is 1. The van der Waals surface area contributed by atoms with Crippen LogP contribution in [0.4, 0.5) is 19.6 Å². The predicted molar refractivity (Wildman–Crippen MR) is 83.5 cm³/mol. The molecule has 1 amide bonds. The van der Waals surface area contributed by atoms with E-state index in [4.69, 9.17) is 0 Å². The number of nitrogens with one attached hydrogen (secondary N) is 1. The van der Waals surface area contributed by atoms with E-state index in [9.17, 15) is 13.6 Å². The van der Waals surface area contributed by atoms with Gasteiger partial charge in [0.2, 0.25) is 11.0 Å². The van der Waals surface area contributed by atoms with E-state index in [1.54, 1.807) is 10.4 Å². The molecule has 6 nitrogen and oxygen atoms in total. The molecule has 2 aromatic rings. The summed E-state index contributed by atoms with van der Waals surface area (Å²) in [6.45, 7) is 2.50. The van der Waals surface area contributed by atoms with Gasteiger partial charge >= 0.3 is 0 Å². The topological polar surface area (TPSA) is 61.4 Å². The van der Waals surface area contributed by atoms with Crippen molar-refractivity contribution in [3.63, 3.8) is 0 Å². The number of amides is 1. The third kappa shape index (κ3) is 3.99. The third-order valence-corrected chi connectivity index (χ3v) is 4.20. The lowest BCUT2D eigenvalue weighted by atomic mass is 10.2. The third-order valence-electron chi connectivity index (χ3n) is 3.59.